The van der Waals surface area contributed by atoms with Gasteiger partial charge in [0.25, 0.3) is 0 Å². The highest BCUT2D eigenvalue weighted by Crippen LogP contribution is 2.42. The van der Waals surface area contributed by atoms with E-state index in [-0.39, 0.29) is 0 Å². The van der Waals surface area contributed by atoms with E-state index in [1.165, 1.54) is 12.0 Å². The lowest BCUT2D eigenvalue weighted by Gasteiger charge is -2.39. The molecule has 1 saturated carbocycles. The van der Waals surface area contributed by atoms with Gasteiger partial charge in [0, 0.05) is 0 Å². The summed E-state index contributed by atoms with van der Waals surface area (Å²) in [6.07, 6.45) is 5.36. The third-order valence-corrected chi connectivity index (χ3v) is 4.82. The highest BCUT2D eigenvalue weighted by Gasteiger charge is 2.36. The predicted molar refractivity (Wildman–Crippen MR) is 85.7 cm³/mol. The summed E-state index contributed by atoms with van der Waals surface area (Å²) >= 11 is 0. The Hall–Kier alpha value is -0.820. The third-order valence-electron chi connectivity index (χ3n) is 4.82. The van der Waals surface area contributed by atoms with Gasteiger partial charge in [-0.3, -0.25) is 0 Å². The number of rotatable bonds is 4. The van der Waals surface area contributed by atoms with Crippen LogP contribution in [-0.4, -0.2) is 5.11 Å². The fraction of sp³-hybridized carbons (Fsp3) is 0.684. The number of hydrogen-bond acceptors (Lipinski definition) is 1. The molecule has 0 saturated heterocycles. The molecule has 1 aliphatic carbocycles. The smallest absolute Gasteiger partial charge is 0.0899 e. The predicted octanol–water partition coefficient (Wildman–Crippen LogP) is 4.92. The summed E-state index contributed by atoms with van der Waals surface area (Å²) in [7, 11) is 0. The minimum absolute atomic E-state index is 0.597. The Morgan fingerprint density at radius 1 is 1.25 bits per heavy atom. The molecule has 0 heterocycles. The average molecular weight is 274 g/mol. The van der Waals surface area contributed by atoms with Crippen molar-refractivity contribution in [3.8, 4) is 0 Å². The van der Waals surface area contributed by atoms with Gasteiger partial charge in [0.05, 0.1) is 5.60 Å². The van der Waals surface area contributed by atoms with Crippen molar-refractivity contribution < 1.29 is 5.11 Å². The zero-order valence-corrected chi connectivity index (χ0v) is 13.5. The van der Waals surface area contributed by atoms with E-state index >= 15 is 0 Å². The van der Waals surface area contributed by atoms with Gasteiger partial charge in [-0.15, -0.1) is 0 Å². The molecule has 1 fully saturated rings. The molecule has 112 valence electrons. The molecule has 1 aromatic rings. The Morgan fingerprint density at radius 2 is 2.00 bits per heavy atom. The second-order valence-corrected chi connectivity index (χ2v) is 7.43. The van der Waals surface area contributed by atoms with Crippen molar-refractivity contribution in [3.63, 3.8) is 0 Å². The van der Waals surface area contributed by atoms with E-state index in [0.29, 0.717) is 17.8 Å². The normalized spacial score (nSPS) is 27.2. The van der Waals surface area contributed by atoms with Crippen LogP contribution in [-0.2, 0) is 12.0 Å². The molecule has 1 nitrogen and oxygen atoms in total. The largest absolute Gasteiger partial charge is 0.385 e. The van der Waals surface area contributed by atoms with Crippen LogP contribution in [0.5, 0.6) is 0 Å². The molecule has 1 aromatic carbocycles. The van der Waals surface area contributed by atoms with Crippen molar-refractivity contribution in [3.05, 3.63) is 35.4 Å². The summed E-state index contributed by atoms with van der Waals surface area (Å²) in [6.45, 7) is 9.06. The Balaban J connectivity index is 2.20. The second-order valence-electron chi connectivity index (χ2n) is 7.43. The quantitative estimate of drug-likeness (QED) is 0.826. The molecule has 1 aliphatic rings. The zero-order valence-electron chi connectivity index (χ0n) is 13.5. The summed E-state index contributed by atoms with van der Waals surface area (Å²) < 4.78 is 0. The maximum Gasteiger partial charge on any atom is 0.0899 e. The molecular formula is C19H30O. The molecule has 0 bridgehead atoms. The molecule has 0 aliphatic heterocycles. The van der Waals surface area contributed by atoms with Crippen molar-refractivity contribution in [1.82, 2.24) is 0 Å². The van der Waals surface area contributed by atoms with Crippen LogP contribution in [0.15, 0.2) is 24.3 Å². The Kier molecular flexibility index (Phi) is 4.90. The number of aliphatic hydroxyl groups is 1. The van der Waals surface area contributed by atoms with E-state index < -0.39 is 5.60 Å². The third kappa shape index (κ3) is 3.63. The lowest BCUT2D eigenvalue weighted by Crippen LogP contribution is -2.34. The van der Waals surface area contributed by atoms with Crippen molar-refractivity contribution in [2.24, 2.45) is 17.8 Å². The van der Waals surface area contributed by atoms with Gasteiger partial charge in [-0.05, 0) is 61.0 Å². The van der Waals surface area contributed by atoms with Gasteiger partial charge in [-0.1, -0.05) is 52.0 Å². The van der Waals surface area contributed by atoms with Gasteiger partial charge in [-0.2, -0.15) is 0 Å². The minimum atomic E-state index is -0.597. The lowest BCUT2D eigenvalue weighted by molar-refractivity contribution is -0.0296. The van der Waals surface area contributed by atoms with E-state index in [4.69, 9.17) is 0 Å². The Morgan fingerprint density at radius 3 is 2.65 bits per heavy atom. The first-order chi connectivity index (χ1) is 9.40. The van der Waals surface area contributed by atoms with Crippen LogP contribution in [0.3, 0.4) is 0 Å². The summed E-state index contributed by atoms with van der Waals surface area (Å²) in [4.78, 5) is 0. The maximum atomic E-state index is 11.1. The highest BCUT2D eigenvalue weighted by atomic mass is 16.3. The van der Waals surface area contributed by atoms with Crippen molar-refractivity contribution in [2.45, 2.75) is 65.4 Å². The number of benzene rings is 1. The monoisotopic (exact) mass is 274 g/mol. The first-order valence-electron chi connectivity index (χ1n) is 8.22. The molecule has 0 amide bonds. The van der Waals surface area contributed by atoms with E-state index in [0.717, 1.165) is 31.2 Å². The van der Waals surface area contributed by atoms with Gasteiger partial charge >= 0.3 is 0 Å². The van der Waals surface area contributed by atoms with Crippen LogP contribution in [0.25, 0.3) is 0 Å². The molecule has 20 heavy (non-hydrogen) atoms. The maximum absolute atomic E-state index is 11.1. The number of hydrogen-bond donors (Lipinski definition) is 1. The molecule has 0 radical (unpaired) electrons. The molecule has 2 rings (SSSR count). The minimum Gasteiger partial charge on any atom is -0.385 e. The Labute approximate surface area is 124 Å². The van der Waals surface area contributed by atoms with Crippen molar-refractivity contribution in [1.29, 1.82) is 0 Å². The molecule has 2 unspecified atom stereocenters. The molecule has 1 N–H and O–H groups in total. The van der Waals surface area contributed by atoms with Crippen LogP contribution in [0, 0.1) is 17.8 Å². The fourth-order valence-electron chi connectivity index (χ4n) is 3.58. The first kappa shape index (κ1) is 15.6. The van der Waals surface area contributed by atoms with Crippen LogP contribution in [0.1, 0.15) is 64.5 Å². The first-order valence-corrected chi connectivity index (χ1v) is 8.22. The van der Waals surface area contributed by atoms with Crippen LogP contribution < -0.4 is 0 Å². The summed E-state index contributed by atoms with van der Waals surface area (Å²) in [6, 6.07) is 8.66. The molecule has 1 heteroatoms. The van der Waals surface area contributed by atoms with E-state index in [9.17, 15) is 5.11 Å². The summed E-state index contributed by atoms with van der Waals surface area (Å²) in [5.74, 6) is 1.98. The highest BCUT2D eigenvalue weighted by molar-refractivity contribution is 5.29. The van der Waals surface area contributed by atoms with Gasteiger partial charge in [-0.25, -0.2) is 0 Å². The van der Waals surface area contributed by atoms with E-state index in [1.807, 2.05) is 0 Å². The molecule has 2 atom stereocenters. The van der Waals surface area contributed by atoms with Crippen molar-refractivity contribution in [2.75, 3.05) is 0 Å². The zero-order chi connectivity index (χ0) is 14.8. The molecular weight excluding hydrogens is 244 g/mol. The second kappa shape index (κ2) is 6.30. The van der Waals surface area contributed by atoms with Crippen LogP contribution >= 0.6 is 0 Å². The molecule has 0 spiro atoms. The van der Waals surface area contributed by atoms with E-state index in [1.54, 1.807) is 0 Å². The SMILES string of the molecule is CC(C)Cc1cccc(C2(O)CCCC(C(C)C)C2)c1. The van der Waals surface area contributed by atoms with Crippen molar-refractivity contribution >= 4 is 0 Å². The van der Waals surface area contributed by atoms with Gasteiger partial charge in [0.15, 0.2) is 0 Å². The summed E-state index contributed by atoms with van der Waals surface area (Å²) in [5.41, 5.74) is 1.90. The van der Waals surface area contributed by atoms with Gasteiger partial charge in [0.1, 0.15) is 0 Å². The molecule has 0 aromatic heterocycles. The standard InChI is InChI=1S/C19H30O/c1-14(2)11-16-7-5-9-18(12-16)19(20)10-6-8-17(13-19)15(3)4/h5,7,9,12,14-15,17,20H,6,8,10-11,13H2,1-4H3. The van der Waals surface area contributed by atoms with Gasteiger partial charge in [0.2, 0.25) is 0 Å². The van der Waals surface area contributed by atoms with Crippen LogP contribution in [0.4, 0.5) is 0 Å². The fourth-order valence-corrected chi connectivity index (χ4v) is 3.58. The van der Waals surface area contributed by atoms with Crippen LogP contribution in [0.2, 0.25) is 0 Å². The van der Waals surface area contributed by atoms with E-state index in [2.05, 4.69) is 52.0 Å². The lowest BCUT2D eigenvalue weighted by atomic mass is 9.71. The van der Waals surface area contributed by atoms with Gasteiger partial charge < -0.3 is 5.11 Å². The summed E-state index contributed by atoms with van der Waals surface area (Å²) in [5, 5.41) is 11.1. The average Bonchev–Trinajstić information content (AvgIpc) is 2.38. The topological polar surface area (TPSA) is 20.2 Å². The Bertz CT molecular complexity index is 435.